The zero-order valence-electron chi connectivity index (χ0n) is 13.2. The van der Waals surface area contributed by atoms with Crippen molar-refractivity contribution in [1.82, 2.24) is 15.1 Å². The van der Waals surface area contributed by atoms with Crippen LogP contribution in [0.15, 0.2) is 0 Å². The van der Waals surface area contributed by atoms with Gasteiger partial charge in [0.15, 0.2) is 0 Å². The SMILES string of the molecule is CCCNc1nnc(CN2CC(C)(C)OC(C)(C)C2)s1. The highest BCUT2D eigenvalue weighted by atomic mass is 32.1. The van der Waals surface area contributed by atoms with Gasteiger partial charge in [-0.25, -0.2) is 0 Å². The van der Waals surface area contributed by atoms with Gasteiger partial charge in [0.2, 0.25) is 5.13 Å². The molecular weight excluding hydrogens is 272 g/mol. The Morgan fingerprint density at radius 3 is 2.45 bits per heavy atom. The number of morpholine rings is 1. The summed E-state index contributed by atoms with van der Waals surface area (Å²) in [6, 6.07) is 0. The Morgan fingerprint density at radius 1 is 1.20 bits per heavy atom. The molecule has 0 bridgehead atoms. The lowest BCUT2D eigenvalue weighted by molar-refractivity contribution is -0.182. The third-order valence-corrected chi connectivity index (χ3v) is 3.98. The fourth-order valence-electron chi connectivity index (χ4n) is 2.87. The highest BCUT2D eigenvalue weighted by molar-refractivity contribution is 7.15. The summed E-state index contributed by atoms with van der Waals surface area (Å²) in [7, 11) is 0. The molecule has 0 aliphatic carbocycles. The molecular formula is C14H26N4OS. The average molecular weight is 298 g/mol. The van der Waals surface area contributed by atoms with Gasteiger partial charge in [-0.2, -0.15) is 0 Å². The van der Waals surface area contributed by atoms with Crippen molar-refractivity contribution in [1.29, 1.82) is 0 Å². The van der Waals surface area contributed by atoms with Crippen LogP contribution in [0.1, 0.15) is 46.0 Å². The number of hydrogen-bond donors (Lipinski definition) is 1. The minimum Gasteiger partial charge on any atom is -0.367 e. The summed E-state index contributed by atoms with van der Waals surface area (Å²) in [4.78, 5) is 2.41. The fraction of sp³-hybridized carbons (Fsp3) is 0.857. The van der Waals surface area contributed by atoms with Crippen LogP contribution >= 0.6 is 11.3 Å². The molecule has 1 saturated heterocycles. The summed E-state index contributed by atoms with van der Waals surface area (Å²) in [6.45, 7) is 14.4. The first-order chi connectivity index (χ1) is 9.30. The Kier molecular flexibility index (Phi) is 4.66. The molecule has 0 aromatic carbocycles. The smallest absolute Gasteiger partial charge is 0.205 e. The first-order valence-electron chi connectivity index (χ1n) is 7.28. The molecule has 2 rings (SSSR count). The van der Waals surface area contributed by atoms with Gasteiger partial charge in [0.25, 0.3) is 0 Å². The van der Waals surface area contributed by atoms with Gasteiger partial charge in [-0.05, 0) is 34.1 Å². The summed E-state index contributed by atoms with van der Waals surface area (Å²) in [5, 5.41) is 13.8. The average Bonchev–Trinajstić information content (AvgIpc) is 2.69. The zero-order valence-corrected chi connectivity index (χ0v) is 14.0. The molecule has 114 valence electrons. The first kappa shape index (κ1) is 15.7. The van der Waals surface area contributed by atoms with Crippen LogP contribution in [0.2, 0.25) is 0 Å². The van der Waals surface area contributed by atoms with Crippen molar-refractivity contribution < 1.29 is 4.74 Å². The van der Waals surface area contributed by atoms with E-state index in [1.165, 1.54) is 0 Å². The molecule has 0 spiro atoms. The molecule has 0 unspecified atom stereocenters. The van der Waals surface area contributed by atoms with Crippen LogP contribution in [0.5, 0.6) is 0 Å². The molecule has 5 nitrogen and oxygen atoms in total. The lowest BCUT2D eigenvalue weighted by Crippen LogP contribution is -2.56. The quantitative estimate of drug-likeness (QED) is 0.906. The molecule has 6 heteroatoms. The Balaban J connectivity index is 1.97. The minimum absolute atomic E-state index is 0.115. The second-order valence-electron chi connectivity index (χ2n) is 6.69. The summed E-state index contributed by atoms with van der Waals surface area (Å²) < 4.78 is 6.10. The second-order valence-corrected chi connectivity index (χ2v) is 7.76. The molecule has 1 aliphatic rings. The maximum Gasteiger partial charge on any atom is 0.205 e. The third-order valence-electron chi connectivity index (χ3n) is 3.11. The third kappa shape index (κ3) is 4.40. The van der Waals surface area contributed by atoms with E-state index in [1.54, 1.807) is 11.3 Å². The van der Waals surface area contributed by atoms with E-state index in [9.17, 15) is 0 Å². The number of hydrogen-bond acceptors (Lipinski definition) is 6. The monoisotopic (exact) mass is 298 g/mol. The van der Waals surface area contributed by atoms with E-state index in [1.807, 2.05) is 0 Å². The molecule has 0 atom stereocenters. The van der Waals surface area contributed by atoms with Crippen molar-refractivity contribution >= 4 is 16.5 Å². The van der Waals surface area contributed by atoms with Crippen molar-refractivity contribution in [2.45, 2.75) is 58.8 Å². The Morgan fingerprint density at radius 2 is 1.85 bits per heavy atom. The molecule has 0 amide bonds. The highest BCUT2D eigenvalue weighted by Gasteiger charge is 2.38. The maximum atomic E-state index is 6.10. The number of ether oxygens (including phenoxy) is 1. The minimum atomic E-state index is -0.115. The van der Waals surface area contributed by atoms with Crippen molar-refractivity contribution in [2.75, 3.05) is 25.0 Å². The van der Waals surface area contributed by atoms with E-state index in [0.717, 1.165) is 42.7 Å². The molecule has 2 heterocycles. The van der Waals surface area contributed by atoms with Crippen molar-refractivity contribution in [3.63, 3.8) is 0 Å². The van der Waals surface area contributed by atoms with Crippen LogP contribution in [0.3, 0.4) is 0 Å². The van der Waals surface area contributed by atoms with Crippen LogP contribution in [0, 0.1) is 0 Å². The molecule has 1 fully saturated rings. The van der Waals surface area contributed by atoms with Crippen LogP contribution in [-0.4, -0.2) is 45.9 Å². The molecule has 1 aromatic rings. The topological polar surface area (TPSA) is 50.3 Å². The van der Waals surface area contributed by atoms with E-state index < -0.39 is 0 Å². The van der Waals surface area contributed by atoms with Crippen molar-refractivity contribution in [3.8, 4) is 0 Å². The fourth-order valence-corrected chi connectivity index (χ4v) is 3.68. The zero-order chi connectivity index (χ0) is 14.8. The lowest BCUT2D eigenvalue weighted by Gasteiger charge is -2.46. The predicted molar refractivity (Wildman–Crippen MR) is 83.2 cm³/mol. The van der Waals surface area contributed by atoms with E-state index in [4.69, 9.17) is 4.74 Å². The number of nitrogens with zero attached hydrogens (tertiary/aromatic N) is 3. The Bertz CT molecular complexity index is 428. The molecule has 1 N–H and O–H groups in total. The molecule has 1 aromatic heterocycles. The van der Waals surface area contributed by atoms with Gasteiger partial charge < -0.3 is 10.1 Å². The number of anilines is 1. The first-order valence-corrected chi connectivity index (χ1v) is 8.10. The van der Waals surface area contributed by atoms with Gasteiger partial charge in [-0.1, -0.05) is 18.3 Å². The van der Waals surface area contributed by atoms with E-state index >= 15 is 0 Å². The van der Waals surface area contributed by atoms with Gasteiger partial charge in [-0.15, -0.1) is 10.2 Å². The second kappa shape index (κ2) is 5.95. The lowest BCUT2D eigenvalue weighted by atomic mass is 9.99. The number of nitrogens with one attached hydrogen (secondary N) is 1. The molecule has 0 saturated carbocycles. The van der Waals surface area contributed by atoms with Crippen LogP contribution in [0.4, 0.5) is 5.13 Å². The summed E-state index contributed by atoms with van der Waals surface area (Å²) in [5.41, 5.74) is -0.231. The van der Waals surface area contributed by atoms with E-state index in [-0.39, 0.29) is 11.2 Å². The predicted octanol–water partition coefficient (Wildman–Crippen LogP) is 2.75. The van der Waals surface area contributed by atoms with Gasteiger partial charge in [0, 0.05) is 19.6 Å². The molecule has 0 radical (unpaired) electrons. The standard InChI is InChI=1S/C14H26N4OS/c1-6-7-15-12-17-16-11(20-12)8-18-9-13(2,3)19-14(4,5)10-18/h6-10H2,1-5H3,(H,15,17). The normalized spacial score (nSPS) is 21.9. The Labute approximate surface area is 125 Å². The van der Waals surface area contributed by atoms with E-state index in [2.05, 4.69) is 55.0 Å². The summed E-state index contributed by atoms with van der Waals surface area (Å²) in [6.07, 6.45) is 1.10. The largest absolute Gasteiger partial charge is 0.367 e. The van der Waals surface area contributed by atoms with Crippen LogP contribution < -0.4 is 5.32 Å². The van der Waals surface area contributed by atoms with Crippen LogP contribution in [0.25, 0.3) is 0 Å². The van der Waals surface area contributed by atoms with E-state index in [0.29, 0.717) is 0 Å². The van der Waals surface area contributed by atoms with Crippen molar-refractivity contribution in [2.24, 2.45) is 0 Å². The van der Waals surface area contributed by atoms with Gasteiger partial charge >= 0.3 is 0 Å². The highest BCUT2D eigenvalue weighted by Crippen LogP contribution is 2.29. The summed E-state index contributed by atoms with van der Waals surface area (Å²) in [5.74, 6) is 0. The maximum absolute atomic E-state index is 6.10. The number of rotatable bonds is 5. The van der Waals surface area contributed by atoms with Gasteiger partial charge in [-0.3, -0.25) is 4.90 Å². The summed E-state index contributed by atoms with van der Waals surface area (Å²) >= 11 is 1.65. The number of aromatic nitrogens is 2. The van der Waals surface area contributed by atoms with Gasteiger partial charge in [0.1, 0.15) is 5.01 Å². The van der Waals surface area contributed by atoms with Gasteiger partial charge in [0.05, 0.1) is 17.7 Å². The van der Waals surface area contributed by atoms with Crippen molar-refractivity contribution in [3.05, 3.63) is 5.01 Å². The molecule has 1 aliphatic heterocycles. The van der Waals surface area contributed by atoms with Crippen LogP contribution in [-0.2, 0) is 11.3 Å². The molecule has 20 heavy (non-hydrogen) atoms. The Hall–Kier alpha value is -0.720.